The van der Waals surface area contributed by atoms with Gasteiger partial charge in [0.15, 0.2) is 0 Å². The number of likely N-dealkylation sites (N-methyl/N-ethyl adjacent to an activating group) is 1. The second kappa shape index (κ2) is 10.2. The van der Waals surface area contributed by atoms with Gasteiger partial charge in [0.1, 0.15) is 0 Å². The first-order chi connectivity index (χ1) is 12.9. The summed E-state index contributed by atoms with van der Waals surface area (Å²) < 4.78 is 27.1. The molecular weight excluding hydrogens is 362 g/mol. The number of aromatic nitrogens is 1. The Morgan fingerprint density at radius 2 is 1.74 bits per heavy atom. The molecule has 0 aliphatic carbocycles. The second-order valence-electron chi connectivity index (χ2n) is 6.46. The standard InChI is InChI=1S/C20H27N3O3S/c1-3-4-5-13-22-27(25,26)19-8-6-18(7-9-19)20(24)23(2)16-12-17-10-14-21-15-11-17/h6-11,14-15,22H,3-5,12-13,16H2,1-2H3. The predicted octanol–water partition coefficient (Wildman–Crippen LogP) is 2.86. The molecule has 0 aliphatic heterocycles. The van der Waals surface area contributed by atoms with Crippen molar-refractivity contribution in [2.75, 3.05) is 20.1 Å². The van der Waals surface area contributed by atoms with Crippen LogP contribution >= 0.6 is 0 Å². The minimum absolute atomic E-state index is 0.135. The summed E-state index contributed by atoms with van der Waals surface area (Å²) in [5.41, 5.74) is 1.58. The molecule has 7 heteroatoms. The normalized spacial score (nSPS) is 11.3. The Balaban J connectivity index is 1.94. The molecule has 1 heterocycles. The fourth-order valence-electron chi connectivity index (χ4n) is 2.61. The van der Waals surface area contributed by atoms with E-state index in [4.69, 9.17) is 0 Å². The topological polar surface area (TPSA) is 79.4 Å². The van der Waals surface area contributed by atoms with Crippen LogP contribution in [-0.2, 0) is 16.4 Å². The molecule has 0 spiro atoms. The van der Waals surface area contributed by atoms with E-state index in [0.29, 0.717) is 18.7 Å². The largest absolute Gasteiger partial charge is 0.341 e. The number of nitrogens with zero attached hydrogens (tertiary/aromatic N) is 2. The third-order valence-electron chi connectivity index (χ3n) is 4.32. The van der Waals surface area contributed by atoms with Crippen molar-refractivity contribution in [1.82, 2.24) is 14.6 Å². The van der Waals surface area contributed by atoms with Crippen molar-refractivity contribution in [3.05, 3.63) is 59.9 Å². The van der Waals surface area contributed by atoms with Crippen molar-refractivity contribution in [3.8, 4) is 0 Å². The number of hydrogen-bond acceptors (Lipinski definition) is 4. The van der Waals surface area contributed by atoms with E-state index in [-0.39, 0.29) is 10.8 Å². The molecule has 0 atom stereocenters. The minimum Gasteiger partial charge on any atom is -0.341 e. The van der Waals surface area contributed by atoms with Crippen molar-refractivity contribution in [2.45, 2.75) is 37.5 Å². The zero-order chi connectivity index (χ0) is 19.7. The summed E-state index contributed by atoms with van der Waals surface area (Å²) in [6.45, 7) is 3.06. The van der Waals surface area contributed by atoms with Gasteiger partial charge in [-0.25, -0.2) is 13.1 Å². The lowest BCUT2D eigenvalue weighted by Crippen LogP contribution is -2.29. The van der Waals surface area contributed by atoms with E-state index < -0.39 is 10.0 Å². The van der Waals surface area contributed by atoms with Crippen LogP contribution in [0.4, 0.5) is 0 Å². The van der Waals surface area contributed by atoms with Crippen molar-refractivity contribution in [3.63, 3.8) is 0 Å². The van der Waals surface area contributed by atoms with Gasteiger partial charge >= 0.3 is 0 Å². The Hall–Kier alpha value is -2.25. The van der Waals surface area contributed by atoms with Gasteiger partial charge in [-0.2, -0.15) is 0 Å². The first-order valence-corrected chi connectivity index (χ1v) is 10.7. The molecule has 1 aromatic heterocycles. The van der Waals surface area contributed by atoms with Gasteiger partial charge in [0, 0.05) is 38.1 Å². The van der Waals surface area contributed by atoms with Gasteiger partial charge in [-0.3, -0.25) is 9.78 Å². The van der Waals surface area contributed by atoms with Gasteiger partial charge in [-0.15, -0.1) is 0 Å². The van der Waals surface area contributed by atoms with Crippen LogP contribution < -0.4 is 4.72 Å². The zero-order valence-electron chi connectivity index (χ0n) is 15.9. The van der Waals surface area contributed by atoms with E-state index in [0.717, 1.165) is 31.2 Å². The summed E-state index contributed by atoms with van der Waals surface area (Å²) in [7, 11) is -1.79. The van der Waals surface area contributed by atoms with E-state index >= 15 is 0 Å². The molecule has 1 N–H and O–H groups in total. The molecule has 0 unspecified atom stereocenters. The molecule has 6 nitrogen and oxygen atoms in total. The summed E-state index contributed by atoms with van der Waals surface area (Å²) >= 11 is 0. The van der Waals surface area contributed by atoms with Gasteiger partial charge in [0.25, 0.3) is 5.91 Å². The lowest BCUT2D eigenvalue weighted by atomic mass is 10.1. The minimum atomic E-state index is -3.53. The van der Waals surface area contributed by atoms with E-state index in [2.05, 4.69) is 16.6 Å². The third-order valence-corrected chi connectivity index (χ3v) is 5.79. The number of carbonyl (C=O) groups excluding carboxylic acids is 1. The van der Waals surface area contributed by atoms with E-state index in [1.165, 1.54) is 12.1 Å². The smallest absolute Gasteiger partial charge is 0.253 e. The van der Waals surface area contributed by atoms with Gasteiger partial charge < -0.3 is 4.90 Å². The van der Waals surface area contributed by atoms with Crippen molar-refractivity contribution in [1.29, 1.82) is 0 Å². The fraction of sp³-hybridized carbons (Fsp3) is 0.400. The monoisotopic (exact) mass is 389 g/mol. The number of nitrogens with one attached hydrogen (secondary N) is 1. The summed E-state index contributed by atoms with van der Waals surface area (Å²) in [5, 5.41) is 0. The number of unbranched alkanes of at least 4 members (excludes halogenated alkanes) is 2. The number of carbonyl (C=O) groups is 1. The zero-order valence-corrected chi connectivity index (χ0v) is 16.7. The first-order valence-electron chi connectivity index (χ1n) is 9.18. The Morgan fingerprint density at radius 1 is 1.07 bits per heavy atom. The molecule has 2 aromatic rings. The third kappa shape index (κ3) is 6.45. The highest BCUT2D eigenvalue weighted by Gasteiger charge is 2.16. The van der Waals surface area contributed by atoms with Crippen molar-refractivity contribution >= 4 is 15.9 Å². The van der Waals surface area contributed by atoms with Crippen LogP contribution in [0.3, 0.4) is 0 Å². The number of rotatable bonds is 10. The quantitative estimate of drug-likeness (QED) is 0.634. The maximum absolute atomic E-state index is 12.5. The summed E-state index contributed by atoms with van der Waals surface area (Å²) in [5.74, 6) is -0.135. The predicted molar refractivity (Wildman–Crippen MR) is 106 cm³/mol. The SMILES string of the molecule is CCCCCNS(=O)(=O)c1ccc(C(=O)N(C)CCc2ccncc2)cc1. The van der Waals surface area contributed by atoms with Crippen LogP contribution in [0.5, 0.6) is 0 Å². The number of benzene rings is 1. The lowest BCUT2D eigenvalue weighted by molar-refractivity contribution is 0.0796. The van der Waals surface area contributed by atoms with Gasteiger partial charge in [-0.1, -0.05) is 19.8 Å². The highest BCUT2D eigenvalue weighted by Crippen LogP contribution is 2.12. The van der Waals surface area contributed by atoms with Crippen LogP contribution in [0, 0.1) is 0 Å². The van der Waals surface area contributed by atoms with Crippen LogP contribution in [0.2, 0.25) is 0 Å². The molecule has 0 radical (unpaired) electrons. The Bertz CT molecular complexity index is 821. The number of hydrogen-bond donors (Lipinski definition) is 1. The highest BCUT2D eigenvalue weighted by atomic mass is 32.2. The van der Waals surface area contributed by atoms with Crippen molar-refractivity contribution < 1.29 is 13.2 Å². The maximum Gasteiger partial charge on any atom is 0.253 e. The second-order valence-corrected chi connectivity index (χ2v) is 8.23. The molecule has 1 amide bonds. The lowest BCUT2D eigenvalue weighted by Gasteiger charge is -2.17. The average molecular weight is 390 g/mol. The molecule has 0 aliphatic rings. The number of amides is 1. The average Bonchev–Trinajstić information content (AvgIpc) is 2.70. The van der Waals surface area contributed by atoms with Crippen LogP contribution in [-0.4, -0.2) is 44.3 Å². The molecular formula is C20H27N3O3S. The van der Waals surface area contributed by atoms with Crippen LogP contribution in [0.1, 0.15) is 42.1 Å². The Labute approximate surface area is 161 Å². The molecule has 0 fully saturated rings. The Kier molecular flexibility index (Phi) is 7.94. The molecule has 0 saturated heterocycles. The summed E-state index contributed by atoms with van der Waals surface area (Å²) in [6.07, 6.45) is 7.03. The van der Waals surface area contributed by atoms with Crippen LogP contribution in [0.15, 0.2) is 53.7 Å². The molecule has 146 valence electrons. The number of pyridine rings is 1. The first kappa shape index (κ1) is 21.1. The van der Waals surface area contributed by atoms with Crippen LogP contribution in [0.25, 0.3) is 0 Å². The molecule has 0 bridgehead atoms. The molecule has 0 saturated carbocycles. The van der Waals surface area contributed by atoms with E-state index in [1.54, 1.807) is 36.5 Å². The van der Waals surface area contributed by atoms with Crippen molar-refractivity contribution in [2.24, 2.45) is 0 Å². The number of sulfonamides is 1. The van der Waals surface area contributed by atoms with E-state index in [1.807, 2.05) is 12.1 Å². The van der Waals surface area contributed by atoms with Gasteiger partial charge in [0.2, 0.25) is 10.0 Å². The molecule has 1 aromatic carbocycles. The summed E-state index contributed by atoms with van der Waals surface area (Å²) in [6, 6.07) is 9.92. The Morgan fingerprint density at radius 3 is 2.37 bits per heavy atom. The highest BCUT2D eigenvalue weighted by molar-refractivity contribution is 7.89. The van der Waals surface area contributed by atoms with Gasteiger partial charge in [0.05, 0.1) is 4.90 Å². The van der Waals surface area contributed by atoms with Gasteiger partial charge in [-0.05, 0) is 54.8 Å². The van der Waals surface area contributed by atoms with E-state index in [9.17, 15) is 13.2 Å². The molecule has 2 rings (SSSR count). The fourth-order valence-corrected chi connectivity index (χ4v) is 3.68. The summed E-state index contributed by atoms with van der Waals surface area (Å²) in [4.78, 5) is 18.3. The molecule has 27 heavy (non-hydrogen) atoms. The maximum atomic E-state index is 12.5.